The smallest absolute Gasteiger partial charge is 0.266 e. The van der Waals surface area contributed by atoms with E-state index in [0.29, 0.717) is 11.0 Å². The number of rotatable bonds is 2. The summed E-state index contributed by atoms with van der Waals surface area (Å²) in [5, 5.41) is 1.04. The van der Waals surface area contributed by atoms with Gasteiger partial charge < -0.3 is 14.8 Å². The van der Waals surface area contributed by atoms with Crippen LogP contribution < -0.4 is 15.4 Å². The van der Waals surface area contributed by atoms with Gasteiger partial charge in [0.15, 0.2) is 0 Å². The molecule has 25 heavy (non-hydrogen) atoms. The van der Waals surface area contributed by atoms with Crippen LogP contribution in [0.1, 0.15) is 37.7 Å². The van der Waals surface area contributed by atoms with Gasteiger partial charge in [-0.3, -0.25) is 4.79 Å². The zero-order valence-electron chi connectivity index (χ0n) is 15.1. The molecule has 4 heteroatoms. The minimum Gasteiger partial charge on any atom is -0.378 e. The van der Waals surface area contributed by atoms with Crippen LogP contribution in [-0.4, -0.2) is 32.2 Å². The lowest BCUT2D eigenvalue weighted by molar-refractivity contribution is 0.0956. The number of nitrogens with one attached hydrogen (secondary N) is 1. The van der Waals surface area contributed by atoms with Crippen LogP contribution in [0.25, 0.3) is 10.9 Å². The molecule has 1 saturated heterocycles. The molecule has 2 fully saturated rings. The summed E-state index contributed by atoms with van der Waals surface area (Å²) in [6.07, 6.45) is 12.2. The average Bonchev–Trinajstić information content (AvgIpc) is 2.59. The molecule has 1 aliphatic heterocycles. The highest BCUT2D eigenvalue weighted by Gasteiger charge is 2.40. The van der Waals surface area contributed by atoms with Crippen molar-refractivity contribution < 1.29 is 0 Å². The summed E-state index contributed by atoms with van der Waals surface area (Å²) in [6.45, 7) is 1.97. The highest BCUT2D eigenvalue weighted by atomic mass is 16.1. The number of aromatic nitrogens is 1. The van der Waals surface area contributed by atoms with E-state index in [4.69, 9.17) is 6.42 Å². The van der Waals surface area contributed by atoms with Gasteiger partial charge in [-0.25, -0.2) is 0 Å². The third kappa shape index (κ3) is 2.59. The van der Waals surface area contributed by atoms with E-state index < -0.39 is 0 Å². The third-order valence-electron chi connectivity index (χ3n) is 6.19. The Morgan fingerprint density at radius 3 is 2.48 bits per heavy atom. The van der Waals surface area contributed by atoms with Gasteiger partial charge in [-0.2, -0.15) is 0 Å². The largest absolute Gasteiger partial charge is 0.378 e. The molecular weight excluding hydrogens is 310 g/mol. The summed E-state index contributed by atoms with van der Waals surface area (Å²) in [4.78, 5) is 19.9. The molecule has 4 rings (SSSR count). The van der Waals surface area contributed by atoms with Crippen LogP contribution in [0.2, 0.25) is 0 Å². The molecule has 1 spiro atoms. The monoisotopic (exact) mass is 335 g/mol. The molecule has 1 aromatic carbocycles. The molecule has 1 N–H and O–H groups in total. The molecule has 0 bridgehead atoms. The maximum atomic E-state index is 12.5. The molecule has 2 aromatic rings. The molecule has 0 atom stereocenters. The fraction of sp³-hybridized carbons (Fsp3) is 0.476. The number of hydrogen-bond donors (Lipinski definition) is 1. The van der Waals surface area contributed by atoms with E-state index in [9.17, 15) is 4.79 Å². The molecule has 1 aromatic heterocycles. The van der Waals surface area contributed by atoms with Crippen LogP contribution in [0.5, 0.6) is 0 Å². The molecule has 1 saturated carbocycles. The fourth-order valence-electron chi connectivity index (χ4n) is 4.39. The Labute approximate surface area is 148 Å². The first-order chi connectivity index (χ1) is 12.0. The van der Waals surface area contributed by atoms with Gasteiger partial charge in [0.05, 0.1) is 11.2 Å². The minimum absolute atomic E-state index is 0.161. The predicted octanol–water partition coefficient (Wildman–Crippen LogP) is 3.35. The Balaban J connectivity index is 1.83. The van der Waals surface area contributed by atoms with Crippen LogP contribution in [-0.2, 0) is 0 Å². The van der Waals surface area contributed by atoms with Crippen LogP contribution >= 0.6 is 0 Å². The molecule has 0 amide bonds. The predicted molar refractivity (Wildman–Crippen MR) is 105 cm³/mol. The molecular formula is C21H25N3O. The van der Waals surface area contributed by atoms with Crippen molar-refractivity contribution in [1.82, 2.24) is 4.98 Å². The van der Waals surface area contributed by atoms with Gasteiger partial charge in [0, 0.05) is 38.3 Å². The van der Waals surface area contributed by atoms with E-state index in [1.807, 2.05) is 26.2 Å². The van der Waals surface area contributed by atoms with Crippen LogP contribution in [0, 0.1) is 17.8 Å². The van der Waals surface area contributed by atoms with E-state index >= 15 is 0 Å². The van der Waals surface area contributed by atoms with Gasteiger partial charge in [-0.15, -0.1) is 6.42 Å². The van der Waals surface area contributed by atoms with E-state index in [0.717, 1.165) is 35.4 Å². The highest BCUT2D eigenvalue weighted by molar-refractivity contribution is 5.96. The zero-order chi connectivity index (χ0) is 17.6. The minimum atomic E-state index is -0.161. The summed E-state index contributed by atoms with van der Waals surface area (Å²) in [5.74, 6) is 2.65. The summed E-state index contributed by atoms with van der Waals surface area (Å²) in [5.41, 5.74) is 3.78. The molecule has 130 valence electrons. The SMILES string of the molecule is C#Cc1c(N2CCC3(CCC3)CC2)c2cc(N(C)C)ccc2[nH]c1=O. The Bertz CT molecular complexity index is 905. The van der Waals surface area contributed by atoms with Crippen molar-refractivity contribution in [2.45, 2.75) is 32.1 Å². The number of hydrogen-bond acceptors (Lipinski definition) is 3. The average molecular weight is 335 g/mol. The number of piperidine rings is 1. The van der Waals surface area contributed by atoms with Crippen molar-refractivity contribution in [3.63, 3.8) is 0 Å². The summed E-state index contributed by atoms with van der Waals surface area (Å²) >= 11 is 0. The fourth-order valence-corrected chi connectivity index (χ4v) is 4.39. The van der Waals surface area contributed by atoms with E-state index in [1.165, 1.54) is 32.1 Å². The Morgan fingerprint density at radius 2 is 1.92 bits per heavy atom. The second-order valence-electron chi connectivity index (χ2n) is 7.79. The lowest BCUT2D eigenvalue weighted by Crippen LogP contribution is -2.44. The number of benzene rings is 1. The second kappa shape index (κ2) is 5.84. The van der Waals surface area contributed by atoms with Gasteiger partial charge in [-0.1, -0.05) is 12.3 Å². The number of H-pyrrole nitrogens is 1. The van der Waals surface area contributed by atoms with Gasteiger partial charge in [0.25, 0.3) is 5.56 Å². The molecule has 2 aliphatic rings. The number of anilines is 2. The second-order valence-corrected chi connectivity index (χ2v) is 7.79. The van der Waals surface area contributed by atoms with Gasteiger partial charge in [-0.05, 0) is 49.3 Å². The van der Waals surface area contributed by atoms with Crippen LogP contribution in [0.4, 0.5) is 11.4 Å². The number of nitrogens with zero attached hydrogens (tertiary/aromatic N) is 2. The molecule has 1 aliphatic carbocycles. The summed E-state index contributed by atoms with van der Waals surface area (Å²) in [7, 11) is 4.05. The molecule has 0 radical (unpaired) electrons. The Hall–Kier alpha value is -2.41. The van der Waals surface area contributed by atoms with Crippen molar-refractivity contribution in [3.8, 4) is 12.3 Å². The molecule has 4 nitrogen and oxygen atoms in total. The number of pyridine rings is 1. The van der Waals surface area contributed by atoms with Crippen molar-refractivity contribution in [2.24, 2.45) is 5.41 Å². The number of aromatic amines is 1. The van der Waals surface area contributed by atoms with Crippen molar-refractivity contribution >= 4 is 22.3 Å². The first-order valence-electron chi connectivity index (χ1n) is 9.12. The zero-order valence-corrected chi connectivity index (χ0v) is 15.1. The Kier molecular flexibility index (Phi) is 3.76. The maximum Gasteiger partial charge on any atom is 0.266 e. The molecule has 2 heterocycles. The lowest BCUT2D eigenvalue weighted by atomic mass is 9.63. The first kappa shape index (κ1) is 16.1. The normalized spacial score (nSPS) is 18.8. The highest BCUT2D eigenvalue weighted by Crippen LogP contribution is 2.49. The van der Waals surface area contributed by atoms with Gasteiger partial charge in [0.2, 0.25) is 0 Å². The first-order valence-corrected chi connectivity index (χ1v) is 9.12. The number of fused-ring (bicyclic) bond motifs is 1. The van der Waals surface area contributed by atoms with E-state index in [-0.39, 0.29) is 5.56 Å². The summed E-state index contributed by atoms with van der Waals surface area (Å²) in [6, 6.07) is 6.14. The van der Waals surface area contributed by atoms with Crippen LogP contribution in [0.15, 0.2) is 23.0 Å². The Morgan fingerprint density at radius 1 is 1.20 bits per heavy atom. The van der Waals surface area contributed by atoms with E-state index in [1.54, 1.807) is 0 Å². The quantitative estimate of drug-likeness (QED) is 0.856. The van der Waals surface area contributed by atoms with Crippen molar-refractivity contribution in [2.75, 3.05) is 37.0 Å². The van der Waals surface area contributed by atoms with Gasteiger partial charge in [0.1, 0.15) is 5.56 Å². The third-order valence-corrected chi connectivity index (χ3v) is 6.19. The van der Waals surface area contributed by atoms with E-state index in [2.05, 4.69) is 26.8 Å². The van der Waals surface area contributed by atoms with Crippen molar-refractivity contribution in [3.05, 3.63) is 34.1 Å². The van der Waals surface area contributed by atoms with Crippen molar-refractivity contribution in [1.29, 1.82) is 0 Å². The molecule has 0 unspecified atom stereocenters. The lowest BCUT2D eigenvalue weighted by Gasteiger charge is -2.48. The maximum absolute atomic E-state index is 12.5. The standard InChI is InChI=1S/C21H25N3O/c1-4-16-19(24-12-10-21(11-13-24)8-5-9-21)17-14-15(23(2)3)6-7-18(17)22-20(16)25/h1,6-7,14H,5,8-13H2,2-3H3,(H,22,25). The van der Waals surface area contributed by atoms with Gasteiger partial charge >= 0.3 is 0 Å². The summed E-state index contributed by atoms with van der Waals surface area (Å²) < 4.78 is 0. The topological polar surface area (TPSA) is 39.3 Å². The van der Waals surface area contributed by atoms with Crippen LogP contribution in [0.3, 0.4) is 0 Å². The number of terminal acetylenes is 1.